The van der Waals surface area contributed by atoms with Gasteiger partial charge in [0, 0.05) is 23.4 Å². The molecule has 0 amide bonds. The van der Waals surface area contributed by atoms with Crippen molar-refractivity contribution in [3.63, 3.8) is 0 Å². The Kier molecular flexibility index (Phi) is 6.01. The number of aromatic nitrogens is 3. The van der Waals surface area contributed by atoms with Crippen molar-refractivity contribution in [2.24, 2.45) is 5.41 Å². The first-order valence-corrected chi connectivity index (χ1v) is 11.7. The van der Waals surface area contributed by atoms with Crippen LogP contribution >= 0.6 is 11.8 Å². The second kappa shape index (κ2) is 8.57. The standard InChI is InChI=1S/C23H30N4O3S/c1-6-7-10-31-22-25-21-24-15-12-23(2,3)13-16(28)19(15)20(27(21)26-22)14-8-9-17(29-4)18(11-14)30-5/h8-9,11,20H,6-7,10,12-13H2,1-5H3,(H,24,25,26)/t20-/m0/s1. The van der Waals surface area contributed by atoms with Crippen LogP contribution in [0.5, 0.6) is 11.5 Å². The maximum Gasteiger partial charge on any atom is 0.227 e. The van der Waals surface area contributed by atoms with E-state index in [2.05, 4.69) is 26.1 Å². The molecule has 31 heavy (non-hydrogen) atoms. The Morgan fingerprint density at radius 1 is 1.23 bits per heavy atom. The maximum atomic E-state index is 13.3. The molecule has 1 aromatic carbocycles. The minimum atomic E-state index is -0.345. The summed E-state index contributed by atoms with van der Waals surface area (Å²) in [4.78, 5) is 18.1. The van der Waals surface area contributed by atoms with Crippen LogP contribution in [0.15, 0.2) is 34.6 Å². The highest BCUT2D eigenvalue weighted by Gasteiger charge is 2.42. The predicted octanol–water partition coefficient (Wildman–Crippen LogP) is 4.85. The fourth-order valence-electron chi connectivity index (χ4n) is 4.29. The molecule has 4 rings (SSSR count). The number of benzene rings is 1. The molecule has 1 atom stereocenters. The molecule has 0 saturated heterocycles. The number of ketones is 1. The Labute approximate surface area is 187 Å². The third-order valence-electron chi connectivity index (χ3n) is 5.76. The Bertz CT molecular complexity index is 1030. The lowest BCUT2D eigenvalue weighted by Crippen LogP contribution is -2.36. The van der Waals surface area contributed by atoms with E-state index in [4.69, 9.17) is 19.6 Å². The fourth-order valence-corrected chi connectivity index (χ4v) is 5.20. The first kappa shape index (κ1) is 21.7. The van der Waals surface area contributed by atoms with Gasteiger partial charge in [0.05, 0.1) is 14.2 Å². The zero-order valence-electron chi connectivity index (χ0n) is 18.8. The molecule has 0 fully saturated rings. The predicted molar refractivity (Wildman–Crippen MR) is 122 cm³/mol. The number of thioether (sulfide) groups is 1. The van der Waals surface area contributed by atoms with Crippen molar-refractivity contribution in [1.82, 2.24) is 14.8 Å². The highest BCUT2D eigenvalue weighted by Crippen LogP contribution is 2.46. The van der Waals surface area contributed by atoms with E-state index in [1.165, 1.54) is 0 Å². The van der Waals surface area contributed by atoms with Crippen LogP contribution in [-0.4, -0.2) is 40.5 Å². The quantitative estimate of drug-likeness (QED) is 0.485. The van der Waals surface area contributed by atoms with Gasteiger partial charge in [-0.3, -0.25) is 4.79 Å². The highest BCUT2D eigenvalue weighted by atomic mass is 32.2. The van der Waals surface area contributed by atoms with Crippen LogP contribution in [-0.2, 0) is 4.79 Å². The first-order chi connectivity index (χ1) is 14.9. The van der Waals surface area contributed by atoms with Crippen molar-refractivity contribution in [1.29, 1.82) is 0 Å². The van der Waals surface area contributed by atoms with Gasteiger partial charge >= 0.3 is 0 Å². The molecule has 0 bridgehead atoms. The maximum absolute atomic E-state index is 13.3. The van der Waals surface area contributed by atoms with Crippen LogP contribution in [0.4, 0.5) is 5.95 Å². The summed E-state index contributed by atoms with van der Waals surface area (Å²) < 4.78 is 12.8. The molecular formula is C23H30N4O3S. The number of rotatable bonds is 7. The lowest BCUT2D eigenvalue weighted by atomic mass is 9.73. The number of Topliss-reactive ketones (excluding diaryl/α,β-unsaturated/α-hetero) is 1. The lowest BCUT2D eigenvalue weighted by Gasteiger charge is -2.38. The molecule has 0 spiro atoms. The molecule has 8 heteroatoms. The number of ether oxygens (including phenoxy) is 2. The number of carbonyl (C=O) groups is 1. The highest BCUT2D eigenvalue weighted by molar-refractivity contribution is 7.99. The Morgan fingerprint density at radius 3 is 2.71 bits per heavy atom. The average Bonchev–Trinajstić information content (AvgIpc) is 3.13. The Morgan fingerprint density at radius 2 is 2.00 bits per heavy atom. The van der Waals surface area contributed by atoms with Crippen molar-refractivity contribution in [3.05, 3.63) is 35.0 Å². The fraction of sp³-hybridized carbons (Fsp3) is 0.522. The van der Waals surface area contributed by atoms with Gasteiger partial charge in [-0.25, -0.2) is 4.68 Å². The van der Waals surface area contributed by atoms with Gasteiger partial charge in [-0.05, 0) is 36.0 Å². The molecule has 2 aliphatic rings. The van der Waals surface area contributed by atoms with E-state index >= 15 is 0 Å². The van der Waals surface area contributed by atoms with Crippen LogP contribution in [0, 0.1) is 5.41 Å². The van der Waals surface area contributed by atoms with Crippen molar-refractivity contribution in [3.8, 4) is 11.5 Å². The van der Waals surface area contributed by atoms with Gasteiger partial charge < -0.3 is 14.8 Å². The molecule has 166 valence electrons. The number of anilines is 1. The minimum absolute atomic E-state index is 0.0913. The second-order valence-corrected chi connectivity index (χ2v) is 9.90. The summed E-state index contributed by atoms with van der Waals surface area (Å²) in [6.45, 7) is 6.44. The summed E-state index contributed by atoms with van der Waals surface area (Å²) in [5, 5.41) is 8.94. The second-order valence-electron chi connectivity index (χ2n) is 8.84. The van der Waals surface area contributed by atoms with Gasteiger partial charge in [0.15, 0.2) is 17.3 Å². The minimum Gasteiger partial charge on any atom is -0.493 e. The van der Waals surface area contributed by atoms with Crippen molar-refractivity contribution in [2.45, 2.75) is 57.7 Å². The summed E-state index contributed by atoms with van der Waals surface area (Å²) in [5.74, 6) is 3.09. The number of fused-ring (bicyclic) bond motifs is 1. The molecule has 7 nitrogen and oxygen atoms in total. The number of hydrogen-bond acceptors (Lipinski definition) is 7. The normalized spacial score (nSPS) is 19.5. The molecule has 1 aliphatic carbocycles. The molecule has 1 aliphatic heterocycles. The van der Waals surface area contributed by atoms with Gasteiger partial charge in [-0.15, -0.1) is 5.10 Å². The third-order valence-corrected chi connectivity index (χ3v) is 6.69. The monoisotopic (exact) mass is 442 g/mol. The number of methoxy groups -OCH3 is 2. The summed E-state index contributed by atoms with van der Waals surface area (Å²) in [6.07, 6.45) is 3.55. The molecule has 1 aromatic heterocycles. The smallest absolute Gasteiger partial charge is 0.227 e. The summed E-state index contributed by atoms with van der Waals surface area (Å²) in [5.41, 5.74) is 2.56. The molecule has 0 radical (unpaired) electrons. The number of unbranched alkanes of at least 4 members (excludes halogenated alkanes) is 1. The van der Waals surface area contributed by atoms with E-state index in [9.17, 15) is 4.79 Å². The molecule has 0 saturated carbocycles. The molecular weight excluding hydrogens is 412 g/mol. The number of carbonyl (C=O) groups excluding carboxylic acids is 1. The lowest BCUT2D eigenvalue weighted by molar-refractivity contribution is -0.118. The first-order valence-electron chi connectivity index (χ1n) is 10.7. The van der Waals surface area contributed by atoms with E-state index in [0.29, 0.717) is 23.9 Å². The van der Waals surface area contributed by atoms with Crippen molar-refractivity contribution in [2.75, 3.05) is 25.3 Å². The van der Waals surface area contributed by atoms with Gasteiger partial charge in [-0.2, -0.15) is 4.98 Å². The number of hydrogen-bond donors (Lipinski definition) is 1. The van der Waals surface area contributed by atoms with E-state index in [0.717, 1.165) is 47.0 Å². The number of nitrogens with one attached hydrogen (secondary N) is 1. The molecule has 0 unspecified atom stereocenters. The third kappa shape index (κ3) is 4.18. The van der Waals surface area contributed by atoms with Crippen LogP contribution in [0.1, 0.15) is 58.1 Å². The van der Waals surface area contributed by atoms with Crippen LogP contribution in [0.3, 0.4) is 0 Å². The van der Waals surface area contributed by atoms with Gasteiger partial charge in [-0.1, -0.05) is 45.0 Å². The van der Waals surface area contributed by atoms with Crippen LogP contribution in [0.2, 0.25) is 0 Å². The van der Waals surface area contributed by atoms with E-state index in [1.807, 2.05) is 22.9 Å². The van der Waals surface area contributed by atoms with E-state index in [1.54, 1.807) is 26.0 Å². The number of allylic oxidation sites excluding steroid dienone is 2. The SMILES string of the molecule is CCCCSc1nc2n(n1)[C@@H](c1ccc(OC)c(OC)c1)C1=C(CC(C)(C)CC1=O)N2. The van der Waals surface area contributed by atoms with Crippen LogP contribution in [0.25, 0.3) is 0 Å². The van der Waals surface area contributed by atoms with Gasteiger partial charge in [0.2, 0.25) is 11.1 Å². The van der Waals surface area contributed by atoms with Gasteiger partial charge in [0.1, 0.15) is 6.04 Å². The van der Waals surface area contributed by atoms with Crippen molar-refractivity contribution < 1.29 is 14.3 Å². The van der Waals surface area contributed by atoms with Crippen molar-refractivity contribution >= 4 is 23.5 Å². The number of nitrogens with zero attached hydrogens (tertiary/aromatic N) is 3. The largest absolute Gasteiger partial charge is 0.493 e. The average molecular weight is 443 g/mol. The topological polar surface area (TPSA) is 78.3 Å². The van der Waals surface area contributed by atoms with E-state index < -0.39 is 0 Å². The Balaban J connectivity index is 1.82. The van der Waals surface area contributed by atoms with Gasteiger partial charge in [0.25, 0.3) is 0 Å². The molecule has 2 heterocycles. The Hall–Kier alpha value is -2.48. The summed E-state index contributed by atoms with van der Waals surface area (Å²) >= 11 is 1.65. The summed E-state index contributed by atoms with van der Waals surface area (Å²) in [6, 6.07) is 5.44. The zero-order chi connectivity index (χ0) is 22.2. The summed E-state index contributed by atoms with van der Waals surface area (Å²) in [7, 11) is 3.23. The molecule has 1 N–H and O–H groups in total. The van der Waals surface area contributed by atoms with E-state index in [-0.39, 0.29) is 17.2 Å². The molecule has 2 aromatic rings. The van der Waals surface area contributed by atoms with Crippen LogP contribution < -0.4 is 14.8 Å². The zero-order valence-corrected chi connectivity index (χ0v) is 19.6.